The molecule has 0 spiro atoms. The molecule has 5 rings (SSSR count). The Bertz CT molecular complexity index is 1200. The maximum absolute atomic E-state index is 13.3. The number of methoxy groups -OCH3 is 1. The fourth-order valence-corrected chi connectivity index (χ4v) is 4.11. The molecule has 1 aliphatic carbocycles. The van der Waals surface area contributed by atoms with E-state index in [0.29, 0.717) is 42.0 Å². The van der Waals surface area contributed by atoms with E-state index >= 15 is 0 Å². The molecule has 28 heavy (non-hydrogen) atoms. The van der Waals surface area contributed by atoms with Crippen LogP contribution in [0.4, 0.5) is 0 Å². The number of rotatable bonds is 5. The third-order valence-electron chi connectivity index (χ3n) is 5.52. The summed E-state index contributed by atoms with van der Waals surface area (Å²) in [6.07, 6.45) is 6.17. The van der Waals surface area contributed by atoms with Crippen molar-refractivity contribution in [1.29, 1.82) is 0 Å². The number of hydrogen-bond acceptors (Lipinski definition) is 6. The summed E-state index contributed by atoms with van der Waals surface area (Å²) in [5.74, 6) is 1.33. The van der Waals surface area contributed by atoms with Crippen LogP contribution in [0.5, 0.6) is 0 Å². The lowest BCUT2D eigenvalue weighted by atomic mass is 10.1. The van der Waals surface area contributed by atoms with Crippen molar-refractivity contribution in [2.24, 2.45) is 0 Å². The van der Waals surface area contributed by atoms with Gasteiger partial charge in [0.2, 0.25) is 11.7 Å². The highest BCUT2D eigenvalue weighted by Gasteiger charge is 2.25. The maximum Gasteiger partial charge on any atom is 0.277 e. The Hall–Kier alpha value is -3.00. The lowest BCUT2D eigenvalue weighted by Crippen LogP contribution is -2.25. The summed E-state index contributed by atoms with van der Waals surface area (Å²) in [6, 6.07) is 7.76. The fraction of sp³-hybridized carbons (Fsp3) is 0.400. The summed E-state index contributed by atoms with van der Waals surface area (Å²) in [4.78, 5) is 22.4. The predicted molar refractivity (Wildman–Crippen MR) is 103 cm³/mol. The second kappa shape index (κ2) is 6.87. The molecule has 1 aromatic carbocycles. The zero-order valence-electron chi connectivity index (χ0n) is 15.7. The molecule has 0 amide bonds. The van der Waals surface area contributed by atoms with Crippen LogP contribution in [0.25, 0.3) is 28.1 Å². The normalized spacial score (nSPS) is 15.2. The molecule has 0 unspecified atom stereocenters. The second-order valence-electron chi connectivity index (χ2n) is 7.19. The molecule has 3 aromatic heterocycles. The van der Waals surface area contributed by atoms with E-state index in [1.807, 2.05) is 28.7 Å². The first-order chi connectivity index (χ1) is 13.8. The van der Waals surface area contributed by atoms with Crippen LogP contribution < -0.4 is 5.56 Å². The molecule has 3 heterocycles. The van der Waals surface area contributed by atoms with Crippen molar-refractivity contribution in [1.82, 2.24) is 24.1 Å². The van der Waals surface area contributed by atoms with E-state index in [-0.39, 0.29) is 5.56 Å². The molecule has 1 fully saturated rings. The maximum atomic E-state index is 13.3. The van der Waals surface area contributed by atoms with Crippen LogP contribution in [-0.2, 0) is 11.3 Å². The summed E-state index contributed by atoms with van der Waals surface area (Å²) in [7, 11) is 1.62. The lowest BCUT2D eigenvalue weighted by Gasteiger charge is -2.11. The molecule has 0 aliphatic heterocycles. The average molecular weight is 379 g/mol. The quantitative estimate of drug-likeness (QED) is 0.530. The minimum atomic E-state index is -0.143. The van der Waals surface area contributed by atoms with Gasteiger partial charge in [-0.15, -0.1) is 0 Å². The van der Waals surface area contributed by atoms with Gasteiger partial charge in [0.1, 0.15) is 17.5 Å². The Morgan fingerprint density at radius 3 is 2.79 bits per heavy atom. The van der Waals surface area contributed by atoms with Gasteiger partial charge in [0, 0.05) is 19.6 Å². The van der Waals surface area contributed by atoms with Crippen molar-refractivity contribution in [3.8, 4) is 11.5 Å². The highest BCUT2D eigenvalue weighted by Crippen LogP contribution is 2.34. The Morgan fingerprint density at radius 1 is 1.21 bits per heavy atom. The molecule has 0 radical (unpaired) electrons. The number of nitrogens with zero attached hydrogens (tertiary/aromatic N) is 5. The van der Waals surface area contributed by atoms with Crippen molar-refractivity contribution < 1.29 is 9.26 Å². The average Bonchev–Trinajstić information content (AvgIpc) is 3.47. The molecule has 1 saturated carbocycles. The molecular formula is C20H21N5O3. The Balaban J connectivity index is 1.71. The molecule has 0 atom stereocenters. The molecule has 0 N–H and O–H groups in total. The standard InChI is InChI=1S/C20H21N5O3/c1-27-11-10-24-14-8-4-5-9-15(14)25-12-21-16(17(25)20(24)26)18-22-19(28-23-18)13-6-2-3-7-13/h4-5,8-9,12-13H,2-3,6-7,10-11H2,1H3. The van der Waals surface area contributed by atoms with E-state index in [1.165, 1.54) is 12.8 Å². The number of para-hydroxylation sites is 2. The van der Waals surface area contributed by atoms with Crippen molar-refractivity contribution in [3.63, 3.8) is 0 Å². The van der Waals surface area contributed by atoms with Crippen molar-refractivity contribution in [3.05, 3.63) is 46.8 Å². The van der Waals surface area contributed by atoms with E-state index in [0.717, 1.165) is 23.9 Å². The van der Waals surface area contributed by atoms with E-state index < -0.39 is 0 Å². The largest absolute Gasteiger partial charge is 0.383 e. The van der Waals surface area contributed by atoms with Crippen molar-refractivity contribution in [2.45, 2.75) is 38.1 Å². The van der Waals surface area contributed by atoms with Gasteiger partial charge in [0.05, 0.1) is 17.6 Å². The zero-order valence-corrected chi connectivity index (χ0v) is 15.7. The van der Waals surface area contributed by atoms with E-state index in [9.17, 15) is 4.79 Å². The molecule has 8 nitrogen and oxygen atoms in total. The van der Waals surface area contributed by atoms with Crippen LogP contribution in [0.3, 0.4) is 0 Å². The Labute approximate surface area is 160 Å². The highest BCUT2D eigenvalue weighted by molar-refractivity contribution is 5.83. The van der Waals surface area contributed by atoms with Gasteiger partial charge in [0.15, 0.2) is 0 Å². The minimum Gasteiger partial charge on any atom is -0.383 e. The van der Waals surface area contributed by atoms with Gasteiger partial charge in [-0.05, 0) is 25.0 Å². The summed E-state index contributed by atoms with van der Waals surface area (Å²) in [6.45, 7) is 0.897. The number of benzene rings is 1. The Kier molecular flexibility index (Phi) is 4.20. The summed E-state index contributed by atoms with van der Waals surface area (Å²) < 4.78 is 14.2. The number of aromatic nitrogens is 5. The van der Waals surface area contributed by atoms with Crippen molar-refractivity contribution in [2.75, 3.05) is 13.7 Å². The number of imidazole rings is 1. The van der Waals surface area contributed by atoms with Gasteiger partial charge in [-0.1, -0.05) is 30.1 Å². The van der Waals surface area contributed by atoms with Gasteiger partial charge >= 0.3 is 0 Å². The van der Waals surface area contributed by atoms with Crippen LogP contribution in [0.2, 0.25) is 0 Å². The molecular weight excluding hydrogens is 358 g/mol. The monoisotopic (exact) mass is 379 g/mol. The second-order valence-corrected chi connectivity index (χ2v) is 7.19. The summed E-state index contributed by atoms with van der Waals surface area (Å²) >= 11 is 0. The zero-order chi connectivity index (χ0) is 19.1. The smallest absolute Gasteiger partial charge is 0.277 e. The van der Waals surface area contributed by atoms with Crippen LogP contribution in [-0.4, -0.2) is 37.8 Å². The Morgan fingerprint density at radius 2 is 2.00 bits per heavy atom. The molecule has 1 aliphatic rings. The number of ether oxygens (including phenoxy) is 1. The number of fused-ring (bicyclic) bond motifs is 3. The SMILES string of the molecule is COCCn1c(=O)c2c(-c3noc(C4CCCC4)n3)ncn2c2ccccc21. The van der Waals surface area contributed by atoms with Gasteiger partial charge in [-0.25, -0.2) is 4.98 Å². The minimum absolute atomic E-state index is 0.143. The van der Waals surface area contributed by atoms with Gasteiger partial charge in [-0.2, -0.15) is 4.98 Å². The molecule has 144 valence electrons. The fourth-order valence-electron chi connectivity index (χ4n) is 4.11. The summed E-state index contributed by atoms with van der Waals surface area (Å²) in [5, 5.41) is 4.13. The van der Waals surface area contributed by atoms with E-state index in [2.05, 4.69) is 15.1 Å². The van der Waals surface area contributed by atoms with E-state index in [4.69, 9.17) is 9.26 Å². The van der Waals surface area contributed by atoms with Crippen LogP contribution in [0, 0.1) is 0 Å². The predicted octanol–water partition coefficient (Wildman–Crippen LogP) is 3.00. The molecule has 8 heteroatoms. The first-order valence-corrected chi connectivity index (χ1v) is 9.59. The topological polar surface area (TPSA) is 87.5 Å². The molecule has 0 bridgehead atoms. The molecule has 4 aromatic rings. The van der Waals surface area contributed by atoms with Crippen molar-refractivity contribution >= 4 is 16.6 Å². The lowest BCUT2D eigenvalue weighted by molar-refractivity contribution is 0.187. The van der Waals surface area contributed by atoms with Crippen LogP contribution in [0.1, 0.15) is 37.5 Å². The first kappa shape index (κ1) is 17.1. The van der Waals surface area contributed by atoms with E-state index in [1.54, 1.807) is 18.0 Å². The highest BCUT2D eigenvalue weighted by atomic mass is 16.5. The third-order valence-corrected chi connectivity index (χ3v) is 5.52. The number of hydrogen-bond donors (Lipinski definition) is 0. The van der Waals surface area contributed by atoms with Gasteiger partial charge in [0.25, 0.3) is 5.56 Å². The summed E-state index contributed by atoms with van der Waals surface area (Å²) in [5.41, 5.74) is 2.49. The van der Waals surface area contributed by atoms with Gasteiger partial charge in [-0.3, -0.25) is 9.20 Å². The van der Waals surface area contributed by atoms with Crippen LogP contribution in [0.15, 0.2) is 39.9 Å². The molecule has 0 saturated heterocycles. The van der Waals surface area contributed by atoms with Crippen LogP contribution >= 0.6 is 0 Å². The first-order valence-electron chi connectivity index (χ1n) is 9.59. The van der Waals surface area contributed by atoms with Gasteiger partial charge < -0.3 is 13.8 Å². The third kappa shape index (κ3) is 2.63.